The molecule has 6 heteroatoms. The maximum atomic E-state index is 12.0. The summed E-state index contributed by atoms with van der Waals surface area (Å²) >= 11 is 3.25. The molecule has 0 aromatic heterocycles. The highest BCUT2D eigenvalue weighted by molar-refractivity contribution is 9.10. The summed E-state index contributed by atoms with van der Waals surface area (Å²) in [5.74, 6) is 0. The number of benzene rings is 1. The standard InChI is InChI=1S/C11H14BrNO3S/c12-8-4-6-9(7-5-8)17(15,16)13-10-2-1-3-11(10)14/h4-7,10-11,13-14H,1-3H2/t10-,11-/m1/s1. The average molecular weight is 320 g/mol. The minimum Gasteiger partial charge on any atom is -0.391 e. The van der Waals surface area contributed by atoms with Crippen molar-refractivity contribution in [3.63, 3.8) is 0 Å². The molecule has 0 amide bonds. The van der Waals surface area contributed by atoms with Crippen LogP contribution in [0.15, 0.2) is 33.6 Å². The van der Waals surface area contributed by atoms with Gasteiger partial charge in [-0.05, 0) is 43.5 Å². The Morgan fingerprint density at radius 3 is 2.41 bits per heavy atom. The number of halogens is 1. The van der Waals surface area contributed by atoms with Crippen LogP contribution in [0.25, 0.3) is 0 Å². The lowest BCUT2D eigenvalue weighted by Crippen LogP contribution is -2.39. The molecule has 1 aliphatic carbocycles. The quantitative estimate of drug-likeness (QED) is 0.890. The third kappa shape index (κ3) is 3.07. The maximum Gasteiger partial charge on any atom is 0.240 e. The minimum absolute atomic E-state index is 0.222. The Kier molecular flexibility index (Phi) is 3.87. The Morgan fingerprint density at radius 2 is 1.88 bits per heavy atom. The van der Waals surface area contributed by atoms with Crippen LogP contribution in [0, 0.1) is 0 Å². The number of rotatable bonds is 3. The van der Waals surface area contributed by atoms with Gasteiger partial charge in [0.15, 0.2) is 0 Å². The van der Waals surface area contributed by atoms with Crippen LogP contribution in [0.3, 0.4) is 0 Å². The van der Waals surface area contributed by atoms with Crippen molar-refractivity contribution in [2.24, 2.45) is 0 Å². The van der Waals surface area contributed by atoms with Crippen LogP contribution < -0.4 is 4.72 Å². The van der Waals surface area contributed by atoms with E-state index in [1.165, 1.54) is 12.1 Å². The third-order valence-corrected chi connectivity index (χ3v) is 4.94. The summed E-state index contributed by atoms with van der Waals surface area (Å²) < 4.78 is 27.4. The van der Waals surface area contributed by atoms with Crippen LogP contribution in [-0.2, 0) is 10.0 Å². The van der Waals surface area contributed by atoms with E-state index in [-0.39, 0.29) is 10.9 Å². The maximum absolute atomic E-state index is 12.0. The first-order valence-corrected chi connectivity index (χ1v) is 7.72. The molecule has 2 atom stereocenters. The van der Waals surface area contributed by atoms with E-state index in [0.29, 0.717) is 12.8 Å². The van der Waals surface area contributed by atoms with Gasteiger partial charge in [-0.25, -0.2) is 13.1 Å². The van der Waals surface area contributed by atoms with E-state index in [1.54, 1.807) is 12.1 Å². The van der Waals surface area contributed by atoms with E-state index >= 15 is 0 Å². The summed E-state index contributed by atoms with van der Waals surface area (Å²) in [5, 5.41) is 9.61. The van der Waals surface area contributed by atoms with Gasteiger partial charge in [-0.15, -0.1) is 0 Å². The monoisotopic (exact) mass is 319 g/mol. The molecule has 2 rings (SSSR count). The molecule has 94 valence electrons. The van der Waals surface area contributed by atoms with Crippen LogP contribution in [0.4, 0.5) is 0 Å². The van der Waals surface area contributed by atoms with Gasteiger partial charge in [-0.3, -0.25) is 0 Å². The van der Waals surface area contributed by atoms with Crippen molar-refractivity contribution < 1.29 is 13.5 Å². The molecule has 1 aliphatic rings. The Morgan fingerprint density at radius 1 is 1.24 bits per heavy atom. The molecule has 0 radical (unpaired) electrons. The van der Waals surface area contributed by atoms with Gasteiger partial charge < -0.3 is 5.11 Å². The Labute approximate surface area is 109 Å². The number of aliphatic hydroxyl groups is 1. The number of hydrogen-bond donors (Lipinski definition) is 2. The SMILES string of the molecule is O=S(=O)(N[C@@H]1CCC[C@H]1O)c1ccc(Br)cc1. The second-order valence-electron chi connectivity index (χ2n) is 4.18. The minimum atomic E-state index is -3.52. The zero-order valence-corrected chi connectivity index (χ0v) is 11.5. The van der Waals surface area contributed by atoms with Gasteiger partial charge >= 0.3 is 0 Å². The number of aliphatic hydroxyl groups excluding tert-OH is 1. The fraction of sp³-hybridized carbons (Fsp3) is 0.455. The number of hydrogen-bond acceptors (Lipinski definition) is 3. The molecule has 17 heavy (non-hydrogen) atoms. The normalized spacial score (nSPS) is 25.1. The first-order valence-electron chi connectivity index (χ1n) is 5.45. The van der Waals surface area contributed by atoms with E-state index in [1.807, 2.05) is 0 Å². The molecular weight excluding hydrogens is 306 g/mol. The van der Waals surface area contributed by atoms with Gasteiger partial charge in [0, 0.05) is 10.5 Å². The summed E-state index contributed by atoms with van der Waals surface area (Å²) in [4.78, 5) is 0.222. The molecule has 0 aliphatic heterocycles. The molecule has 1 saturated carbocycles. The fourth-order valence-corrected chi connectivity index (χ4v) is 3.53. The molecule has 0 bridgehead atoms. The molecule has 1 aromatic carbocycles. The first-order chi connectivity index (χ1) is 7.99. The van der Waals surface area contributed by atoms with Crippen molar-refractivity contribution >= 4 is 26.0 Å². The highest BCUT2D eigenvalue weighted by Crippen LogP contribution is 2.21. The van der Waals surface area contributed by atoms with Crippen molar-refractivity contribution in [2.75, 3.05) is 0 Å². The van der Waals surface area contributed by atoms with Crippen LogP contribution in [-0.4, -0.2) is 25.7 Å². The highest BCUT2D eigenvalue weighted by atomic mass is 79.9. The fourth-order valence-electron chi connectivity index (χ4n) is 1.96. The van der Waals surface area contributed by atoms with Crippen LogP contribution in [0.1, 0.15) is 19.3 Å². The lowest BCUT2D eigenvalue weighted by atomic mass is 10.2. The van der Waals surface area contributed by atoms with Gasteiger partial charge in [0.05, 0.1) is 11.0 Å². The summed E-state index contributed by atoms with van der Waals surface area (Å²) in [6, 6.07) is 6.07. The highest BCUT2D eigenvalue weighted by Gasteiger charge is 2.29. The van der Waals surface area contributed by atoms with E-state index in [9.17, 15) is 13.5 Å². The Hall–Kier alpha value is -0.430. The third-order valence-electron chi connectivity index (χ3n) is 2.91. The topological polar surface area (TPSA) is 66.4 Å². The molecule has 1 fully saturated rings. The van der Waals surface area contributed by atoms with Crippen molar-refractivity contribution in [3.8, 4) is 0 Å². The van der Waals surface area contributed by atoms with Gasteiger partial charge in [-0.1, -0.05) is 15.9 Å². The molecule has 4 nitrogen and oxygen atoms in total. The van der Waals surface area contributed by atoms with Crippen molar-refractivity contribution in [2.45, 2.75) is 36.3 Å². The van der Waals surface area contributed by atoms with Gasteiger partial charge in [0.2, 0.25) is 10.0 Å². The molecule has 0 spiro atoms. The van der Waals surface area contributed by atoms with Gasteiger partial charge in [-0.2, -0.15) is 0 Å². The molecule has 1 aromatic rings. The number of nitrogens with one attached hydrogen (secondary N) is 1. The lowest BCUT2D eigenvalue weighted by molar-refractivity contribution is 0.159. The second-order valence-corrected chi connectivity index (χ2v) is 6.81. The predicted molar refractivity (Wildman–Crippen MR) is 68.1 cm³/mol. The summed E-state index contributed by atoms with van der Waals surface area (Å²) in [5.41, 5.74) is 0. The van der Waals surface area contributed by atoms with E-state index in [4.69, 9.17) is 0 Å². The summed E-state index contributed by atoms with van der Waals surface area (Å²) in [7, 11) is -3.52. The van der Waals surface area contributed by atoms with E-state index < -0.39 is 16.1 Å². The zero-order chi connectivity index (χ0) is 12.5. The number of sulfonamides is 1. The zero-order valence-electron chi connectivity index (χ0n) is 9.14. The van der Waals surface area contributed by atoms with Crippen molar-refractivity contribution in [1.82, 2.24) is 4.72 Å². The van der Waals surface area contributed by atoms with Crippen molar-refractivity contribution in [1.29, 1.82) is 0 Å². The van der Waals surface area contributed by atoms with Crippen LogP contribution in [0.5, 0.6) is 0 Å². The molecular formula is C11H14BrNO3S. The van der Waals surface area contributed by atoms with E-state index in [2.05, 4.69) is 20.7 Å². The largest absolute Gasteiger partial charge is 0.391 e. The molecule has 0 unspecified atom stereocenters. The second kappa shape index (κ2) is 5.06. The smallest absolute Gasteiger partial charge is 0.240 e. The summed E-state index contributed by atoms with van der Waals surface area (Å²) in [6.07, 6.45) is 1.64. The Balaban J connectivity index is 2.16. The van der Waals surface area contributed by atoms with Crippen molar-refractivity contribution in [3.05, 3.63) is 28.7 Å². The van der Waals surface area contributed by atoms with Crippen LogP contribution in [0.2, 0.25) is 0 Å². The lowest BCUT2D eigenvalue weighted by Gasteiger charge is -2.16. The summed E-state index contributed by atoms with van der Waals surface area (Å²) in [6.45, 7) is 0. The van der Waals surface area contributed by atoms with Gasteiger partial charge in [0.1, 0.15) is 0 Å². The molecule has 0 heterocycles. The average Bonchev–Trinajstić information content (AvgIpc) is 2.64. The first kappa shape index (κ1) is 13.0. The van der Waals surface area contributed by atoms with E-state index in [0.717, 1.165) is 10.9 Å². The van der Waals surface area contributed by atoms with Crippen LogP contribution >= 0.6 is 15.9 Å². The predicted octanol–water partition coefficient (Wildman–Crippen LogP) is 1.64. The van der Waals surface area contributed by atoms with Gasteiger partial charge in [0.25, 0.3) is 0 Å². The molecule has 0 saturated heterocycles. The molecule has 2 N–H and O–H groups in total. The Bertz CT molecular complexity index is 486.